The number of furan rings is 1. The van der Waals surface area contributed by atoms with Gasteiger partial charge in [0.05, 0.1) is 18.3 Å². The second kappa shape index (κ2) is 6.90. The number of hydrogen-bond donors (Lipinski definition) is 1. The number of halogens is 1. The molecule has 3 nitrogen and oxygen atoms in total. The summed E-state index contributed by atoms with van der Waals surface area (Å²) in [6.45, 7) is 8.81. The van der Waals surface area contributed by atoms with Crippen molar-refractivity contribution in [3.8, 4) is 5.75 Å². The summed E-state index contributed by atoms with van der Waals surface area (Å²) in [6.07, 6.45) is 0.970. The molecule has 0 fully saturated rings. The van der Waals surface area contributed by atoms with Crippen LogP contribution in [0.3, 0.4) is 0 Å². The summed E-state index contributed by atoms with van der Waals surface area (Å²) in [5, 5.41) is 4.15. The third-order valence-corrected chi connectivity index (χ3v) is 3.56. The second-order valence-electron chi connectivity index (χ2n) is 5.22. The van der Waals surface area contributed by atoms with E-state index in [1.165, 1.54) is 0 Å². The highest BCUT2D eigenvalue weighted by atomic mass is 35.5. The number of anilines is 1. The normalized spacial score (nSPS) is 12.2. The molecular weight excluding hydrogens is 286 g/mol. The van der Waals surface area contributed by atoms with Crippen molar-refractivity contribution in [3.05, 3.63) is 46.4 Å². The van der Waals surface area contributed by atoms with Crippen LogP contribution >= 0.6 is 11.6 Å². The van der Waals surface area contributed by atoms with Crippen LogP contribution in [0.25, 0.3) is 0 Å². The highest BCUT2D eigenvalue weighted by Gasteiger charge is 2.14. The Morgan fingerprint density at radius 2 is 2.05 bits per heavy atom. The first-order valence-corrected chi connectivity index (χ1v) is 7.65. The molecule has 21 heavy (non-hydrogen) atoms. The van der Waals surface area contributed by atoms with E-state index in [2.05, 4.69) is 25.2 Å². The standard InChI is InChI=1S/C17H22ClNO2/c1-5-8-20-17-7-6-14(18)10-16(17)19-12(3)15-9-11(2)21-13(15)4/h6-7,9-10,12,19H,5,8H2,1-4H3. The van der Waals surface area contributed by atoms with E-state index < -0.39 is 0 Å². The molecule has 1 atom stereocenters. The fraction of sp³-hybridized carbons (Fsp3) is 0.412. The predicted octanol–water partition coefficient (Wildman–Crippen LogP) is 5.51. The van der Waals surface area contributed by atoms with Crippen molar-refractivity contribution in [2.45, 2.75) is 40.2 Å². The first-order chi connectivity index (χ1) is 10.0. The largest absolute Gasteiger partial charge is 0.491 e. The Labute approximate surface area is 131 Å². The maximum absolute atomic E-state index is 6.10. The zero-order valence-electron chi connectivity index (χ0n) is 13.0. The summed E-state index contributed by atoms with van der Waals surface area (Å²) < 4.78 is 11.4. The van der Waals surface area contributed by atoms with Gasteiger partial charge in [-0.15, -0.1) is 0 Å². The number of hydrogen-bond acceptors (Lipinski definition) is 3. The van der Waals surface area contributed by atoms with Crippen LogP contribution in [0.5, 0.6) is 5.75 Å². The summed E-state index contributed by atoms with van der Waals surface area (Å²) in [5.74, 6) is 2.68. The Hall–Kier alpha value is -1.61. The smallest absolute Gasteiger partial charge is 0.142 e. The topological polar surface area (TPSA) is 34.4 Å². The lowest BCUT2D eigenvalue weighted by molar-refractivity contribution is 0.318. The molecule has 114 valence electrons. The molecule has 1 unspecified atom stereocenters. The molecule has 0 aliphatic heterocycles. The number of aryl methyl sites for hydroxylation is 2. The van der Waals surface area contributed by atoms with Crippen LogP contribution in [-0.2, 0) is 0 Å². The molecule has 0 saturated carbocycles. The molecule has 0 radical (unpaired) electrons. The molecule has 1 N–H and O–H groups in total. The Bertz CT molecular complexity index is 607. The first kappa shape index (κ1) is 15.8. The molecular formula is C17H22ClNO2. The molecule has 4 heteroatoms. The predicted molar refractivity (Wildman–Crippen MR) is 87.5 cm³/mol. The molecule has 0 aliphatic carbocycles. The van der Waals surface area contributed by atoms with Crippen molar-refractivity contribution < 1.29 is 9.15 Å². The average Bonchev–Trinajstić information content (AvgIpc) is 2.77. The molecule has 1 heterocycles. The van der Waals surface area contributed by atoms with Gasteiger partial charge in [-0.3, -0.25) is 0 Å². The Kier molecular flexibility index (Phi) is 5.18. The number of nitrogens with one attached hydrogen (secondary N) is 1. The van der Waals surface area contributed by atoms with E-state index in [0.29, 0.717) is 11.6 Å². The van der Waals surface area contributed by atoms with E-state index in [1.54, 1.807) is 0 Å². The van der Waals surface area contributed by atoms with Gasteiger partial charge in [0.15, 0.2) is 0 Å². The molecule has 2 rings (SSSR count). The van der Waals surface area contributed by atoms with Crippen LogP contribution in [0.2, 0.25) is 5.02 Å². The van der Waals surface area contributed by atoms with E-state index in [4.69, 9.17) is 20.8 Å². The van der Waals surface area contributed by atoms with Gasteiger partial charge in [0.25, 0.3) is 0 Å². The summed E-state index contributed by atoms with van der Waals surface area (Å²) in [5.41, 5.74) is 2.05. The fourth-order valence-corrected chi connectivity index (χ4v) is 2.52. The van der Waals surface area contributed by atoms with Crippen molar-refractivity contribution in [3.63, 3.8) is 0 Å². The van der Waals surface area contributed by atoms with Gasteiger partial charge in [-0.1, -0.05) is 18.5 Å². The summed E-state index contributed by atoms with van der Waals surface area (Å²) in [4.78, 5) is 0. The molecule has 0 bridgehead atoms. The van der Waals surface area contributed by atoms with Gasteiger partial charge < -0.3 is 14.5 Å². The van der Waals surface area contributed by atoms with Gasteiger partial charge in [-0.25, -0.2) is 0 Å². The Balaban J connectivity index is 2.21. The summed E-state index contributed by atoms with van der Waals surface area (Å²) >= 11 is 6.10. The summed E-state index contributed by atoms with van der Waals surface area (Å²) in [6, 6.07) is 7.82. The van der Waals surface area contributed by atoms with Crippen molar-refractivity contribution in [2.75, 3.05) is 11.9 Å². The van der Waals surface area contributed by atoms with Crippen LogP contribution in [0.1, 0.15) is 43.4 Å². The Morgan fingerprint density at radius 1 is 1.29 bits per heavy atom. The highest BCUT2D eigenvalue weighted by molar-refractivity contribution is 6.30. The number of ether oxygens (including phenoxy) is 1. The van der Waals surface area contributed by atoms with Crippen LogP contribution in [0.4, 0.5) is 5.69 Å². The van der Waals surface area contributed by atoms with Crippen molar-refractivity contribution in [2.24, 2.45) is 0 Å². The fourth-order valence-electron chi connectivity index (χ4n) is 2.34. The van der Waals surface area contributed by atoms with Crippen molar-refractivity contribution >= 4 is 17.3 Å². The van der Waals surface area contributed by atoms with Gasteiger partial charge >= 0.3 is 0 Å². The van der Waals surface area contributed by atoms with Crippen molar-refractivity contribution in [1.82, 2.24) is 0 Å². The van der Waals surface area contributed by atoms with Crippen LogP contribution in [0.15, 0.2) is 28.7 Å². The SMILES string of the molecule is CCCOc1ccc(Cl)cc1NC(C)c1cc(C)oc1C. The van der Waals surface area contributed by atoms with E-state index in [1.807, 2.05) is 32.0 Å². The first-order valence-electron chi connectivity index (χ1n) is 7.27. The number of benzene rings is 1. The summed E-state index contributed by atoms with van der Waals surface area (Å²) in [7, 11) is 0. The number of rotatable bonds is 6. The third kappa shape index (κ3) is 3.94. The van der Waals surface area contributed by atoms with Gasteiger partial charge in [-0.2, -0.15) is 0 Å². The van der Waals surface area contributed by atoms with Crippen LogP contribution in [0, 0.1) is 13.8 Å². The quantitative estimate of drug-likeness (QED) is 0.764. The molecule has 1 aromatic carbocycles. The van der Waals surface area contributed by atoms with E-state index in [-0.39, 0.29) is 6.04 Å². The Morgan fingerprint density at radius 3 is 2.67 bits per heavy atom. The minimum atomic E-state index is 0.116. The zero-order chi connectivity index (χ0) is 15.4. The van der Waals surface area contributed by atoms with Gasteiger partial charge in [0.2, 0.25) is 0 Å². The minimum absolute atomic E-state index is 0.116. The van der Waals surface area contributed by atoms with E-state index in [0.717, 1.165) is 34.9 Å². The lowest BCUT2D eigenvalue weighted by Gasteiger charge is -2.18. The van der Waals surface area contributed by atoms with Crippen LogP contribution < -0.4 is 10.1 Å². The molecule has 0 amide bonds. The van der Waals surface area contributed by atoms with Gasteiger partial charge in [0, 0.05) is 10.6 Å². The average molecular weight is 308 g/mol. The van der Waals surface area contributed by atoms with Crippen molar-refractivity contribution in [1.29, 1.82) is 0 Å². The van der Waals surface area contributed by atoms with E-state index in [9.17, 15) is 0 Å². The molecule has 0 aliphatic rings. The molecule has 1 aromatic heterocycles. The van der Waals surface area contributed by atoms with Gasteiger partial charge in [-0.05, 0) is 51.5 Å². The maximum atomic E-state index is 6.10. The third-order valence-electron chi connectivity index (χ3n) is 3.32. The highest BCUT2D eigenvalue weighted by Crippen LogP contribution is 2.32. The lowest BCUT2D eigenvalue weighted by Crippen LogP contribution is -2.09. The molecule has 0 saturated heterocycles. The second-order valence-corrected chi connectivity index (χ2v) is 5.66. The lowest BCUT2D eigenvalue weighted by atomic mass is 10.1. The minimum Gasteiger partial charge on any atom is -0.491 e. The van der Waals surface area contributed by atoms with Crippen LogP contribution in [-0.4, -0.2) is 6.61 Å². The zero-order valence-corrected chi connectivity index (χ0v) is 13.8. The van der Waals surface area contributed by atoms with Gasteiger partial charge in [0.1, 0.15) is 17.3 Å². The molecule has 2 aromatic rings. The van der Waals surface area contributed by atoms with E-state index >= 15 is 0 Å². The maximum Gasteiger partial charge on any atom is 0.142 e. The monoisotopic (exact) mass is 307 g/mol. The molecule has 0 spiro atoms.